The number of anilines is 1. The number of nitrogens with zero attached hydrogens (tertiary/aromatic N) is 1. The van der Waals surface area contributed by atoms with Crippen LogP contribution in [0.5, 0.6) is 0 Å². The smallest absolute Gasteiger partial charge is 0.0525 e. The van der Waals surface area contributed by atoms with Crippen molar-refractivity contribution in [3.63, 3.8) is 0 Å². The van der Waals surface area contributed by atoms with Gasteiger partial charge in [-0.2, -0.15) is 0 Å². The highest BCUT2D eigenvalue weighted by Gasteiger charge is 2.17. The van der Waals surface area contributed by atoms with Gasteiger partial charge in [-0.1, -0.05) is 25.0 Å². The highest BCUT2D eigenvalue weighted by atomic mass is 15.1. The summed E-state index contributed by atoms with van der Waals surface area (Å²) >= 11 is 0. The third-order valence-electron chi connectivity index (χ3n) is 3.29. The second kappa shape index (κ2) is 5.07. The second-order valence-corrected chi connectivity index (χ2v) is 4.56. The van der Waals surface area contributed by atoms with E-state index >= 15 is 0 Å². The summed E-state index contributed by atoms with van der Waals surface area (Å²) in [4.78, 5) is 2.47. The molecule has 1 heterocycles. The highest BCUT2D eigenvalue weighted by Crippen LogP contribution is 2.25. The maximum atomic E-state index is 3.19. The van der Waals surface area contributed by atoms with Crippen LogP contribution < -0.4 is 4.90 Å². The molecular formula is C15H19N. The lowest BCUT2D eigenvalue weighted by atomic mass is 9.98. The van der Waals surface area contributed by atoms with Crippen LogP contribution in [0.25, 0.3) is 0 Å². The van der Waals surface area contributed by atoms with Gasteiger partial charge >= 0.3 is 0 Å². The van der Waals surface area contributed by atoms with E-state index in [2.05, 4.69) is 47.9 Å². The Morgan fingerprint density at radius 3 is 2.56 bits per heavy atom. The molecule has 2 rings (SSSR count). The summed E-state index contributed by atoms with van der Waals surface area (Å²) in [6.07, 6.45) is 2.60. The van der Waals surface area contributed by atoms with Gasteiger partial charge in [-0.25, -0.2) is 0 Å². The van der Waals surface area contributed by atoms with Crippen LogP contribution in [-0.2, 0) is 0 Å². The lowest BCUT2D eigenvalue weighted by Gasteiger charge is -2.32. The SMILES string of the molecule is CC#Cc1ccccc1N1CCC(C)CC1. The zero-order valence-electron chi connectivity index (χ0n) is 10.2. The Morgan fingerprint density at radius 1 is 1.19 bits per heavy atom. The summed E-state index contributed by atoms with van der Waals surface area (Å²) in [5.41, 5.74) is 2.48. The molecule has 1 nitrogen and oxygen atoms in total. The van der Waals surface area contributed by atoms with Crippen LogP contribution in [0.4, 0.5) is 5.69 Å². The molecule has 0 aliphatic carbocycles. The topological polar surface area (TPSA) is 3.24 Å². The van der Waals surface area contributed by atoms with Crippen molar-refractivity contribution in [1.82, 2.24) is 0 Å². The molecule has 0 radical (unpaired) electrons. The van der Waals surface area contributed by atoms with Gasteiger partial charge in [0.05, 0.1) is 5.69 Å². The van der Waals surface area contributed by atoms with Crippen molar-refractivity contribution < 1.29 is 0 Å². The lowest BCUT2D eigenvalue weighted by molar-refractivity contribution is 0.438. The van der Waals surface area contributed by atoms with Gasteiger partial charge in [-0.3, -0.25) is 0 Å². The molecule has 1 heteroatoms. The van der Waals surface area contributed by atoms with Gasteiger partial charge in [0, 0.05) is 18.7 Å². The molecule has 0 unspecified atom stereocenters. The molecule has 0 amide bonds. The van der Waals surface area contributed by atoms with Gasteiger partial charge in [0.25, 0.3) is 0 Å². The Bertz CT molecular complexity index is 403. The first kappa shape index (κ1) is 11.1. The number of hydrogen-bond acceptors (Lipinski definition) is 1. The van der Waals surface area contributed by atoms with E-state index < -0.39 is 0 Å². The van der Waals surface area contributed by atoms with Gasteiger partial charge in [0.2, 0.25) is 0 Å². The first-order valence-electron chi connectivity index (χ1n) is 6.08. The Morgan fingerprint density at radius 2 is 1.88 bits per heavy atom. The predicted octanol–water partition coefficient (Wildman–Crippen LogP) is 3.29. The molecule has 0 saturated carbocycles. The molecule has 0 N–H and O–H groups in total. The van der Waals surface area contributed by atoms with Crippen LogP contribution in [-0.4, -0.2) is 13.1 Å². The maximum absolute atomic E-state index is 3.19. The molecule has 0 atom stereocenters. The minimum atomic E-state index is 0.876. The number of hydrogen-bond donors (Lipinski definition) is 0. The number of rotatable bonds is 1. The molecule has 84 valence electrons. The average Bonchev–Trinajstić information content (AvgIpc) is 2.32. The molecule has 1 saturated heterocycles. The fraction of sp³-hybridized carbons (Fsp3) is 0.467. The molecule has 1 fully saturated rings. The van der Waals surface area contributed by atoms with Crippen LogP contribution in [0.2, 0.25) is 0 Å². The molecular weight excluding hydrogens is 194 g/mol. The van der Waals surface area contributed by atoms with Crippen molar-refractivity contribution in [3.8, 4) is 11.8 Å². The van der Waals surface area contributed by atoms with Gasteiger partial charge in [0.1, 0.15) is 0 Å². The first-order chi connectivity index (χ1) is 7.81. The van der Waals surface area contributed by atoms with Crippen LogP contribution in [0.15, 0.2) is 24.3 Å². The zero-order valence-corrected chi connectivity index (χ0v) is 10.2. The van der Waals surface area contributed by atoms with Crippen LogP contribution in [0.3, 0.4) is 0 Å². The molecule has 0 bridgehead atoms. The first-order valence-corrected chi connectivity index (χ1v) is 6.08. The summed E-state index contributed by atoms with van der Waals surface area (Å²) in [5.74, 6) is 7.06. The van der Waals surface area contributed by atoms with Crippen molar-refractivity contribution in [2.75, 3.05) is 18.0 Å². The minimum absolute atomic E-state index is 0.876. The molecule has 1 aliphatic rings. The molecule has 1 aromatic rings. The van der Waals surface area contributed by atoms with Gasteiger partial charge < -0.3 is 4.90 Å². The Hall–Kier alpha value is -1.42. The van der Waals surface area contributed by atoms with Gasteiger partial charge in [-0.05, 0) is 37.8 Å². The summed E-state index contributed by atoms with van der Waals surface area (Å²) in [6, 6.07) is 8.48. The third-order valence-corrected chi connectivity index (χ3v) is 3.29. The summed E-state index contributed by atoms with van der Waals surface area (Å²) < 4.78 is 0. The van der Waals surface area contributed by atoms with E-state index in [9.17, 15) is 0 Å². The van der Waals surface area contributed by atoms with Crippen LogP contribution in [0, 0.1) is 17.8 Å². The number of piperidine rings is 1. The standard InChI is InChI=1S/C15H19N/c1-3-6-14-7-4-5-8-15(14)16-11-9-13(2)10-12-16/h4-5,7-8,13H,9-12H2,1-2H3. The summed E-state index contributed by atoms with van der Waals surface area (Å²) in [5, 5.41) is 0. The molecule has 0 spiro atoms. The van der Waals surface area contributed by atoms with Gasteiger partial charge in [0.15, 0.2) is 0 Å². The lowest BCUT2D eigenvalue weighted by Crippen LogP contribution is -2.33. The van der Waals surface area contributed by atoms with Crippen molar-refractivity contribution in [1.29, 1.82) is 0 Å². The summed E-state index contributed by atoms with van der Waals surface area (Å²) in [6.45, 7) is 6.58. The van der Waals surface area contributed by atoms with Crippen molar-refractivity contribution in [2.24, 2.45) is 5.92 Å². The largest absolute Gasteiger partial charge is 0.371 e. The van der Waals surface area contributed by atoms with E-state index in [4.69, 9.17) is 0 Å². The Balaban J connectivity index is 2.21. The second-order valence-electron chi connectivity index (χ2n) is 4.56. The number of para-hydroxylation sites is 1. The van der Waals surface area contributed by atoms with Crippen molar-refractivity contribution in [3.05, 3.63) is 29.8 Å². The summed E-state index contributed by atoms with van der Waals surface area (Å²) in [7, 11) is 0. The van der Waals surface area contributed by atoms with Crippen molar-refractivity contribution in [2.45, 2.75) is 26.7 Å². The predicted molar refractivity (Wildman–Crippen MR) is 69.6 cm³/mol. The van der Waals surface area contributed by atoms with Crippen molar-refractivity contribution >= 4 is 5.69 Å². The highest BCUT2D eigenvalue weighted by molar-refractivity contribution is 5.60. The Labute approximate surface area is 98.5 Å². The van der Waals surface area contributed by atoms with E-state index in [1.165, 1.54) is 37.2 Å². The maximum Gasteiger partial charge on any atom is 0.0525 e. The average molecular weight is 213 g/mol. The third kappa shape index (κ3) is 2.39. The molecule has 1 aromatic carbocycles. The van der Waals surface area contributed by atoms with Gasteiger partial charge in [-0.15, -0.1) is 5.92 Å². The van der Waals surface area contributed by atoms with E-state index in [1.54, 1.807) is 0 Å². The van der Waals surface area contributed by atoms with Crippen LogP contribution >= 0.6 is 0 Å². The molecule has 16 heavy (non-hydrogen) atoms. The number of benzene rings is 1. The van der Waals surface area contributed by atoms with E-state index in [0.29, 0.717) is 0 Å². The van der Waals surface area contributed by atoms with Crippen LogP contribution in [0.1, 0.15) is 32.3 Å². The monoisotopic (exact) mass is 213 g/mol. The minimum Gasteiger partial charge on any atom is -0.371 e. The quantitative estimate of drug-likeness (QED) is 0.647. The molecule has 1 aliphatic heterocycles. The fourth-order valence-electron chi connectivity index (χ4n) is 2.24. The van der Waals surface area contributed by atoms with E-state index in [0.717, 1.165) is 5.92 Å². The zero-order chi connectivity index (χ0) is 11.4. The van der Waals surface area contributed by atoms with E-state index in [-0.39, 0.29) is 0 Å². The normalized spacial score (nSPS) is 16.8. The van der Waals surface area contributed by atoms with E-state index in [1.807, 2.05) is 6.92 Å². The fourth-order valence-corrected chi connectivity index (χ4v) is 2.24. The molecule has 0 aromatic heterocycles. The Kier molecular flexibility index (Phi) is 3.51.